The molecule has 0 bridgehead atoms. The Morgan fingerprint density at radius 2 is 2.05 bits per heavy atom. The Balaban J connectivity index is 1.88. The fourth-order valence-corrected chi connectivity index (χ4v) is 2.16. The molecule has 1 aliphatic rings. The van der Waals surface area contributed by atoms with Crippen LogP contribution in [0.5, 0.6) is 0 Å². The number of nitrogens with two attached hydrogens (primary N) is 1. The number of hydrogen-bond donors (Lipinski definition) is 3. The van der Waals surface area contributed by atoms with Crippen molar-refractivity contribution in [3.8, 4) is 0 Å². The van der Waals surface area contributed by atoms with Crippen LogP contribution >= 0.6 is 0 Å². The summed E-state index contributed by atoms with van der Waals surface area (Å²) >= 11 is 0. The van der Waals surface area contributed by atoms with E-state index < -0.39 is 0 Å². The van der Waals surface area contributed by atoms with E-state index in [4.69, 9.17) is 5.73 Å². The first-order valence-electron chi connectivity index (χ1n) is 6.90. The van der Waals surface area contributed by atoms with E-state index in [9.17, 15) is 0 Å². The van der Waals surface area contributed by atoms with Crippen LogP contribution in [-0.4, -0.2) is 53.6 Å². The molecule has 1 aliphatic heterocycles. The summed E-state index contributed by atoms with van der Waals surface area (Å²) in [6, 6.07) is 2.56. The standard InChI is InChI=1S/C13H24N6/c1-10(14)8-15-12-7-13(17-9-16-12)18-11-3-5-19(2)6-4-11/h7,9-11H,3-6,8,14H2,1-2H3,(H2,15,16,17,18). The molecule has 1 aromatic rings. The number of nitrogens with zero attached hydrogens (tertiary/aromatic N) is 3. The van der Waals surface area contributed by atoms with E-state index >= 15 is 0 Å². The van der Waals surface area contributed by atoms with E-state index in [1.807, 2.05) is 13.0 Å². The van der Waals surface area contributed by atoms with Gasteiger partial charge in [-0.15, -0.1) is 0 Å². The van der Waals surface area contributed by atoms with E-state index in [0.29, 0.717) is 12.6 Å². The second kappa shape index (κ2) is 6.68. The third-order valence-corrected chi connectivity index (χ3v) is 3.34. The number of anilines is 2. The van der Waals surface area contributed by atoms with E-state index in [1.54, 1.807) is 6.33 Å². The van der Waals surface area contributed by atoms with Crippen LogP contribution in [0.4, 0.5) is 11.6 Å². The summed E-state index contributed by atoms with van der Waals surface area (Å²) in [5, 5.41) is 6.68. The molecule has 0 saturated carbocycles. The van der Waals surface area contributed by atoms with Crippen LogP contribution in [0.15, 0.2) is 12.4 Å². The maximum Gasteiger partial charge on any atom is 0.131 e. The van der Waals surface area contributed by atoms with Gasteiger partial charge in [0, 0.05) is 24.7 Å². The smallest absolute Gasteiger partial charge is 0.131 e. The van der Waals surface area contributed by atoms with Crippen molar-refractivity contribution in [3.63, 3.8) is 0 Å². The van der Waals surface area contributed by atoms with Gasteiger partial charge in [-0.25, -0.2) is 9.97 Å². The molecule has 0 amide bonds. The molecule has 1 aromatic heterocycles. The third-order valence-electron chi connectivity index (χ3n) is 3.34. The summed E-state index contributed by atoms with van der Waals surface area (Å²) in [5.74, 6) is 1.71. The van der Waals surface area contributed by atoms with Gasteiger partial charge in [0.2, 0.25) is 0 Å². The fourth-order valence-electron chi connectivity index (χ4n) is 2.16. The van der Waals surface area contributed by atoms with Gasteiger partial charge in [-0.1, -0.05) is 0 Å². The minimum absolute atomic E-state index is 0.111. The molecule has 1 atom stereocenters. The maximum atomic E-state index is 5.71. The maximum absolute atomic E-state index is 5.71. The van der Waals surface area contributed by atoms with Crippen molar-refractivity contribution in [2.24, 2.45) is 5.73 Å². The van der Waals surface area contributed by atoms with Gasteiger partial charge in [0.1, 0.15) is 18.0 Å². The highest BCUT2D eigenvalue weighted by molar-refractivity contribution is 5.47. The number of likely N-dealkylation sites (tertiary alicyclic amines) is 1. The monoisotopic (exact) mass is 264 g/mol. The first-order chi connectivity index (χ1) is 9.13. The Morgan fingerprint density at radius 3 is 2.74 bits per heavy atom. The number of aromatic nitrogens is 2. The summed E-state index contributed by atoms with van der Waals surface area (Å²) in [7, 11) is 2.16. The van der Waals surface area contributed by atoms with Crippen LogP contribution in [0.2, 0.25) is 0 Å². The zero-order valence-corrected chi connectivity index (χ0v) is 11.8. The van der Waals surface area contributed by atoms with Crippen molar-refractivity contribution < 1.29 is 0 Å². The molecule has 1 saturated heterocycles. The van der Waals surface area contributed by atoms with Gasteiger partial charge < -0.3 is 21.3 Å². The molecule has 6 nitrogen and oxygen atoms in total. The SMILES string of the molecule is CC(N)CNc1cc(NC2CCN(C)CC2)ncn1. The summed E-state index contributed by atoms with van der Waals surface area (Å²) in [6.45, 7) is 4.95. The topological polar surface area (TPSA) is 79.1 Å². The lowest BCUT2D eigenvalue weighted by Crippen LogP contribution is -2.36. The van der Waals surface area contributed by atoms with Crippen LogP contribution in [0, 0.1) is 0 Å². The molecule has 0 aromatic carbocycles. The van der Waals surface area contributed by atoms with Crippen molar-refractivity contribution in [3.05, 3.63) is 12.4 Å². The molecule has 4 N–H and O–H groups in total. The van der Waals surface area contributed by atoms with Gasteiger partial charge in [0.05, 0.1) is 0 Å². The van der Waals surface area contributed by atoms with Crippen molar-refractivity contribution in [2.45, 2.75) is 31.8 Å². The first kappa shape index (κ1) is 14.0. The molecular formula is C13H24N6. The Bertz CT molecular complexity index is 386. The summed E-state index contributed by atoms with van der Waals surface area (Å²) in [6.07, 6.45) is 3.90. The van der Waals surface area contributed by atoms with Crippen molar-refractivity contribution in [1.82, 2.24) is 14.9 Å². The van der Waals surface area contributed by atoms with Gasteiger partial charge in [0.15, 0.2) is 0 Å². The molecule has 19 heavy (non-hydrogen) atoms. The zero-order valence-electron chi connectivity index (χ0n) is 11.8. The van der Waals surface area contributed by atoms with Crippen LogP contribution in [0.25, 0.3) is 0 Å². The van der Waals surface area contributed by atoms with E-state index in [2.05, 4.69) is 32.5 Å². The normalized spacial score (nSPS) is 19.1. The van der Waals surface area contributed by atoms with E-state index in [-0.39, 0.29) is 6.04 Å². The van der Waals surface area contributed by atoms with Gasteiger partial charge in [-0.3, -0.25) is 0 Å². The van der Waals surface area contributed by atoms with Crippen molar-refractivity contribution >= 4 is 11.6 Å². The van der Waals surface area contributed by atoms with Gasteiger partial charge >= 0.3 is 0 Å². The Morgan fingerprint density at radius 1 is 1.37 bits per heavy atom. The van der Waals surface area contributed by atoms with Crippen molar-refractivity contribution in [2.75, 3.05) is 37.3 Å². The second-order valence-electron chi connectivity index (χ2n) is 5.37. The van der Waals surface area contributed by atoms with Crippen LogP contribution in [0.1, 0.15) is 19.8 Å². The molecule has 0 aliphatic carbocycles. The summed E-state index contributed by atoms with van der Waals surface area (Å²) in [5.41, 5.74) is 5.71. The molecule has 2 heterocycles. The number of rotatable bonds is 5. The van der Waals surface area contributed by atoms with Crippen LogP contribution in [0.3, 0.4) is 0 Å². The first-order valence-corrected chi connectivity index (χ1v) is 6.90. The van der Waals surface area contributed by atoms with Crippen LogP contribution in [-0.2, 0) is 0 Å². The average Bonchev–Trinajstić information content (AvgIpc) is 2.40. The molecule has 2 rings (SSSR count). The summed E-state index contributed by atoms with van der Waals surface area (Å²) < 4.78 is 0. The molecule has 0 spiro atoms. The summed E-state index contributed by atoms with van der Waals surface area (Å²) in [4.78, 5) is 10.8. The highest BCUT2D eigenvalue weighted by Gasteiger charge is 2.16. The predicted octanol–water partition coefficient (Wildman–Crippen LogP) is 0.742. The Labute approximate surface area is 114 Å². The minimum Gasteiger partial charge on any atom is -0.368 e. The molecule has 106 valence electrons. The molecule has 1 unspecified atom stereocenters. The lowest BCUT2D eigenvalue weighted by Gasteiger charge is -2.29. The lowest BCUT2D eigenvalue weighted by molar-refractivity contribution is 0.263. The lowest BCUT2D eigenvalue weighted by atomic mass is 10.1. The minimum atomic E-state index is 0.111. The molecular weight excluding hydrogens is 240 g/mol. The zero-order chi connectivity index (χ0) is 13.7. The highest BCUT2D eigenvalue weighted by atomic mass is 15.1. The highest BCUT2D eigenvalue weighted by Crippen LogP contribution is 2.15. The van der Waals surface area contributed by atoms with Gasteiger partial charge in [-0.2, -0.15) is 0 Å². The van der Waals surface area contributed by atoms with E-state index in [1.165, 1.54) is 0 Å². The fraction of sp³-hybridized carbons (Fsp3) is 0.692. The Kier molecular flexibility index (Phi) is 4.93. The number of nitrogens with one attached hydrogen (secondary N) is 2. The molecule has 6 heteroatoms. The average molecular weight is 264 g/mol. The molecule has 1 fully saturated rings. The van der Waals surface area contributed by atoms with E-state index in [0.717, 1.165) is 37.6 Å². The van der Waals surface area contributed by atoms with Gasteiger partial charge in [-0.05, 0) is 39.9 Å². The van der Waals surface area contributed by atoms with Crippen LogP contribution < -0.4 is 16.4 Å². The predicted molar refractivity (Wildman–Crippen MR) is 78.3 cm³/mol. The Hall–Kier alpha value is -1.40. The number of hydrogen-bond acceptors (Lipinski definition) is 6. The molecule has 0 radical (unpaired) electrons. The largest absolute Gasteiger partial charge is 0.368 e. The third kappa shape index (κ3) is 4.65. The second-order valence-corrected chi connectivity index (χ2v) is 5.37. The van der Waals surface area contributed by atoms with Crippen molar-refractivity contribution in [1.29, 1.82) is 0 Å². The number of piperidine rings is 1. The quantitative estimate of drug-likeness (QED) is 0.728. The van der Waals surface area contributed by atoms with Gasteiger partial charge in [0.25, 0.3) is 0 Å².